The summed E-state index contributed by atoms with van der Waals surface area (Å²) in [5, 5.41) is 0.0139. The van der Waals surface area contributed by atoms with Crippen LogP contribution in [0.15, 0.2) is 16.9 Å². The number of halogens is 2. The molecule has 4 heteroatoms. The molecule has 0 fully saturated rings. The van der Waals surface area contributed by atoms with E-state index >= 15 is 0 Å². The summed E-state index contributed by atoms with van der Waals surface area (Å²) in [5.41, 5.74) is -0.434. The minimum atomic E-state index is -0.715. The summed E-state index contributed by atoms with van der Waals surface area (Å²) in [4.78, 5) is 12.5. The Morgan fingerprint density at radius 2 is 2.22 bits per heavy atom. The maximum absolute atomic E-state index is 12.1. The van der Waals surface area contributed by atoms with Crippen LogP contribution in [0.4, 0.5) is 4.39 Å². The Morgan fingerprint density at radius 3 is 2.67 bits per heavy atom. The Bertz CT molecular complexity index is 247. The van der Waals surface area contributed by atoms with Crippen molar-refractivity contribution in [1.29, 1.82) is 0 Å². The predicted octanol–water partition coefficient (Wildman–Crippen LogP) is 1.17. The molecule has 0 aliphatic carbocycles. The third-order valence-corrected chi connectivity index (χ3v) is 0.980. The van der Waals surface area contributed by atoms with E-state index in [4.69, 9.17) is 11.6 Å². The Hall–Kier alpha value is -0.830. The summed E-state index contributed by atoms with van der Waals surface area (Å²) in [6.45, 7) is 0. The Kier molecular flexibility index (Phi) is 1.53. The van der Waals surface area contributed by atoms with Crippen molar-refractivity contribution in [3.63, 3.8) is 0 Å². The van der Waals surface area contributed by atoms with Crippen LogP contribution in [0.3, 0.4) is 0 Å². The number of pyridine rings is 1. The summed E-state index contributed by atoms with van der Waals surface area (Å²) in [6.07, 6.45) is 0. The third kappa shape index (κ3) is 1.54. The normalized spacial score (nSPS) is 9.56. The van der Waals surface area contributed by atoms with Crippen molar-refractivity contribution >= 4 is 11.6 Å². The van der Waals surface area contributed by atoms with Crippen molar-refractivity contribution in [1.82, 2.24) is 4.98 Å². The van der Waals surface area contributed by atoms with Gasteiger partial charge in [0, 0.05) is 12.1 Å². The summed E-state index contributed by atoms with van der Waals surface area (Å²) in [5.74, 6) is -0.715. The number of nitrogens with one attached hydrogen (secondary N) is 1. The van der Waals surface area contributed by atoms with Gasteiger partial charge in [-0.2, -0.15) is 4.39 Å². The molecule has 1 N–H and O–H groups in total. The van der Waals surface area contributed by atoms with Gasteiger partial charge in [0.25, 0.3) is 0 Å². The quantitative estimate of drug-likeness (QED) is 0.549. The van der Waals surface area contributed by atoms with E-state index in [0.717, 1.165) is 12.1 Å². The molecule has 1 aromatic rings. The molecule has 0 saturated carbocycles. The summed E-state index contributed by atoms with van der Waals surface area (Å²) in [6, 6.07) is 1.93. The fraction of sp³-hybridized carbons (Fsp3) is 0. The first-order chi connectivity index (χ1) is 4.18. The van der Waals surface area contributed by atoms with Gasteiger partial charge in [0.15, 0.2) is 11.4 Å². The highest BCUT2D eigenvalue weighted by Crippen LogP contribution is 1.98. The lowest BCUT2D eigenvalue weighted by molar-refractivity contribution is 0.582. The Balaban J connectivity index is 3.33. The van der Waals surface area contributed by atoms with E-state index in [-0.39, 0.29) is 5.15 Å². The van der Waals surface area contributed by atoms with Crippen LogP contribution in [0, 0.1) is 5.95 Å². The number of rotatable bonds is 0. The van der Waals surface area contributed by atoms with Crippen molar-refractivity contribution in [2.24, 2.45) is 0 Å². The topological polar surface area (TPSA) is 32.9 Å². The maximum atomic E-state index is 12.1. The van der Waals surface area contributed by atoms with Gasteiger partial charge in [-0.05, 0) is 0 Å². The van der Waals surface area contributed by atoms with E-state index < -0.39 is 11.4 Å². The summed E-state index contributed by atoms with van der Waals surface area (Å²) >= 11 is 5.25. The highest BCUT2D eigenvalue weighted by atomic mass is 35.5. The number of aromatic nitrogens is 1. The van der Waals surface area contributed by atoms with Gasteiger partial charge in [0.1, 0.15) is 5.15 Å². The molecule has 1 aromatic heterocycles. The molecule has 1 rings (SSSR count). The maximum Gasteiger partial charge on any atom is 0.196 e. The lowest BCUT2D eigenvalue weighted by atomic mass is 10.5. The zero-order valence-corrected chi connectivity index (χ0v) is 5.07. The lowest BCUT2D eigenvalue weighted by Gasteiger charge is -1.87. The molecule has 0 aromatic carbocycles. The van der Waals surface area contributed by atoms with Gasteiger partial charge in [-0.15, -0.1) is 0 Å². The summed E-state index contributed by atoms with van der Waals surface area (Å²) < 4.78 is 12.1. The second kappa shape index (κ2) is 2.19. The molecular formula is C5H3ClFNO. The van der Waals surface area contributed by atoms with Crippen LogP contribution in [0.2, 0.25) is 5.15 Å². The fourth-order valence-electron chi connectivity index (χ4n) is 0.478. The molecule has 1 heterocycles. The lowest BCUT2D eigenvalue weighted by Crippen LogP contribution is -1.99. The van der Waals surface area contributed by atoms with Gasteiger partial charge in [-0.1, -0.05) is 11.6 Å². The smallest absolute Gasteiger partial charge is 0.196 e. The minimum absolute atomic E-state index is 0.0139. The van der Waals surface area contributed by atoms with Gasteiger partial charge >= 0.3 is 0 Å². The number of aromatic amines is 1. The molecule has 0 aliphatic rings. The first kappa shape index (κ1) is 6.29. The molecule has 0 atom stereocenters. The van der Waals surface area contributed by atoms with Crippen LogP contribution in [-0.2, 0) is 0 Å². The zero-order chi connectivity index (χ0) is 6.85. The van der Waals surface area contributed by atoms with Crippen LogP contribution in [0.1, 0.15) is 0 Å². The molecule has 0 bridgehead atoms. The van der Waals surface area contributed by atoms with E-state index in [1.54, 1.807) is 0 Å². The minimum Gasteiger partial charge on any atom is -0.322 e. The number of H-pyrrole nitrogens is 1. The molecule has 0 aliphatic heterocycles. The molecule has 0 radical (unpaired) electrons. The highest BCUT2D eigenvalue weighted by Gasteiger charge is 1.92. The average molecular weight is 148 g/mol. The largest absolute Gasteiger partial charge is 0.322 e. The third-order valence-electron chi connectivity index (χ3n) is 0.777. The van der Waals surface area contributed by atoms with Gasteiger partial charge in [-0.25, -0.2) is 0 Å². The van der Waals surface area contributed by atoms with E-state index in [0.29, 0.717) is 0 Å². The monoisotopic (exact) mass is 147 g/mol. The van der Waals surface area contributed by atoms with Crippen LogP contribution >= 0.6 is 11.6 Å². The van der Waals surface area contributed by atoms with Crippen LogP contribution in [0.25, 0.3) is 0 Å². The molecule has 0 saturated heterocycles. The molecule has 0 amide bonds. The Labute approximate surface area is 55.3 Å². The Morgan fingerprint density at radius 1 is 1.56 bits per heavy atom. The number of hydrogen-bond acceptors (Lipinski definition) is 1. The first-order valence-electron chi connectivity index (χ1n) is 2.24. The van der Waals surface area contributed by atoms with Crippen molar-refractivity contribution < 1.29 is 4.39 Å². The second-order valence-electron chi connectivity index (χ2n) is 1.51. The summed E-state index contributed by atoms with van der Waals surface area (Å²) in [7, 11) is 0. The van der Waals surface area contributed by atoms with Crippen LogP contribution < -0.4 is 5.43 Å². The van der Waals surface area contributed by atoms with Crippen molar-refractivity contribution in [2.75, 3.05) is 0 Å². The average Bonchev–Trinajstić information content (AvgIpc) is 1.59. The molecule has 9 heavy (non-hydrogen) atoms. The zero-order valence-electron chi connectivity index (χ0n) is 4.32. The van der Waals surface area contributed by atoms with Gasteiger partial charge in [0.2, 0.25) is 0 Å². The molecule has 2 nitrogen and oxygen atoms in total. The van der Waals surface area contributed by atoms with Crippen molar-refractivity contribution in [3.05, 3.63) is 33.5 Å². The fourth-order valence-corrected chi connectivity index (χ4v) is 0.676. The van der Waals surface area contributed by atoms with E-state index in [1.807, 2.05) is 0 Å². The van der Waals surface area contributed by atoms with Gasteiger partial charge in [0.05, 0.1) is 0 Å². The SMILES string of the molecule is O=c1cc(F)[nH]c(Cl)c1. The van der Waals surface area contributed by atoms with E-state index in [9.17, 15) is 9.18 Å². The van der Waals surface area contributed by atoms with Gasteiger partial charge < -0.3 is 4.98 Å². The molecule has 0 unspecified atom stereocenters. The predicted molar refractivity (Wildman–Crippen MR) is 32.0 cm³/mol. The van der Waals surface area contributed by atoms with Crippen molar-refractivity contribution in [2.45, 2.75) is 0 Å². The molecule has 0 spiro atoms. The van der Waals surface area contributed by atoms with Gasteiger partial charge in [-0.3, -0.25) is 4.79 Å². The van der Waals surface area contributed by atoms with Crippen LogP contribution in [-0.4, -0.2) is 4.98 Å². The molecule has 48 valence electrons. The number of hydrogen-bond donors (Lipinski definition) is 1. The standard InChI is InChI=1S/C5H3ClFNO/c6-4-1-3(9)2-5(7)8-4/h1-2H,(H,8,9). The second-order valence-corrected chi connectivity index (χ2v) is 1.92. The van der Waals surface area contributed by atoms with E-state index in [1.165, 1.54) is 0 Å². The highest BCUT2D eigenvalue weighted by molar-refractivity contribution is 6.29. The van der Waals surface area contributed by atoms with Crippen molar-refractivity contribution in [3.8, 4) is 0 Å². The first-order valence-corrected chi connectivity index (χ1v) is 2.61. The van der Waals surface area contributed by atoms with Crippen LogP contribution in [0.5, 0.6) is 0 Å². The van der Waals surface area contributed by atoms with E-state index in [2.05, 4.69) is 4.98 Å². The molecular weight excluding hydrogens is 145 g/mol.